The van der Waals surface area contributed by atoms with Crippen molar-refractivity contribution in [3.05, 3.63) is 22.2 Å². The Labute approximate surface area is 80.5 Å². The fraction of sp³-hybridized carbons (Fsp3) is 0.375. The zero-order chi connectivity index (χ0) is 10.1. The number of hydrogen-bond acceptors (Lipinski definition) is 5. The number of pyridine rings is 1. The van der Waals surface area contributed by atoms with Gasteiger partial charge in [-0.05, 0) is 6.42 Å². The Morgan fingerprint density at radius 2 is 2.21 bits per heavy atom. The second-order valence-electron chi connectivity index (χ2n) is 3.21. The lowest BCUT2D eigenvalue weighted by molar-refractivity contribution is -0.384. The first-order valence-corrected chi connectivity index (χ1v) is 4.34. The van der Waals surface area contributed by atoms with Crippen molar-refractivity contribution in [2.24, 2.45) is 0 Å². The fourth-order valence-electron chi connectivity index (χ4n) is 1.34. The van der Waals surface area contributed by atoms with E-state index in [4.69, 9.17) is 5.73 Å². The SMILES string of the molecule is Nc1cc([N+](=O)[O-])cc(N2CCC2)n1. The van der Waals surface area contributed by atoms with Gasteiger partial charge < -0.3 is 10.6 Å². The lowest BCUT2D eigenvalue weighted by Gasteiger charge is -2.31. The summed E-state index contributed by atoms with van der Waals surface area (Å²) in [6.45, 7) is 1.79. The van der Waals surface area contributed by atoms with Crippen molar-refractivity contribution in [2.45, 2.75) is 6.42 Å². The van der Waals surface area contributed by atoms with Crippen LogP contribution >= 0.6 is 0 Å². The lowest BCUT2D eigenvalue weighted by atomic mass is 10.2. The van der Waals surface area contributed by atoms with Gasteiger partial charge >= 0.3 is 0 Å². The van der Waals surface area contributed by atoms with Gasteiger partial charge in [0.2, 0.25) is 0 Å². The third-order valence-corrected chi connectivity index (χ3v) is 2.21. The summed E-state index contributed by atoms with van der Waals surface area (Å²) in [7, 11) is 0. The molecule has 2 rings (SSSR count). The first-order valence-electron chi connectivity index (χ1n) is 4.34. The van der Waals surface area contributed by atoms with Crippen molar-refractivity contribution < 1.29 is 4.92 Å². The zero-order valence-electron chi connectivity index (χ0n) is 7.51. The van der Waals surface area contributed by atoms with Gasteiger partial charge in [0.1, 0.15) is 11.6 Å². The Balaban J connectivity index is 2.35. The quantitative estimate of drug-likeness (QED) is 0.555. The van der Waals surface area contributed by atoms with Crippen LogP contribution in [0.15, 0.2) is 12.1 Å². The van der Waals surface area contributed by atoms with Crippen LogP contribution in [0, 0.1) is 10.1 Å². The van der Waals surface area contributed by atoms with E-state index in [9.17, 15) is 10.1 Å². The summed E-state index contributed by atoms with van der Waals surface area (Å²) < 4.78 is 0. The largest absolute Gasteiger partial charge is 0.383 e. The highest BCUT2D eigenvalue weighted by atomic mass is 16.6. The second kappa shape index (κ2) is 3.13. The van der Waals surface area contributed by atoms with E-state index in [2.05, 4.69) is 4.98 Å². The van der Waals surface area contributed by atoms with E-state index in [1.165, 1.54) is 12.1 Å². The minimum atomic E-state index is -0.457. The van der Waals surface area contributed by atoms with Crippen LogP contribution in [0.2, 0.25) is 0 Å². The minimum Gasteiger partial charge on any atom is -0.383 e. The van der Waals surface area contributed by atoms with Gasteiger partial charge in [0, 0.05) is 13.1 Å². The van der Waals surface area contributed by atoms with Crippen molar-refractivity contribution in [1.82, 2.24) is 4.98 Å². The molecule has 0 aromatic carbocycles. The van der Waals surface area contributed by atoms with Gasteiger partial charge in [-0.2, -0.15) is 0 Å². The summed E-state index contributed by atoms with van der Waals surface area (Å²) in [5.74, 6) is 0.795. The molecule has 1 aromatic rings. The molecule has 0 atom stereocenters. The van der Waals surface area contributed by atoms with Crippen molar-refractivity contribution >= 4 is 17.3 Å². The molecule has 74 valence electrons. The van der Waals surface area contributed by atoms with Crippen LogP contribution in [0.4, 0.5) is 17.3 Å². The molecular weight excluding hydrogens is 184 g/mol. The molecule has 2 heterocycles. The lowest BCUT2D eigenvalue weighted by Crippen LogP contribution is -2.37. The van der Waals surface area contributed by atoms with E-state index < -0.39 is 4.92 Å². The molecule has 1 aliphatic rings. The van der Waals surface area contributed by atoms with E-state index in [1.807, 2.05) is 4.90 Å². The first kappa shape index (κ1) is 8.74. The standard InChI is InChI=1S/C8H10N4O2/c9-7-4-6(12(13)14)5-8(10-7)11-2-1-3-11/h4-5H,1-3H2,(H2,9,10). The van der Waals surface area contributed by atoms with Gasteiger partial charge in [-0.25, -0.2) is 4.98 Å². The molecule has 1 saturated heterocycles. The zero-order valence-corrected chi connectivity index (χ0v) is 7.51. The summed E-state index contributed by atoms with van der Waals surface area (Å²) in [6.07, 6.45) is 1.10. The van der Waals surface area contributed by atoms with E-state index in [-0.39, 0.29) is 11.5 Å². The molecule has 6 heteroatoms. The maximum atomic E-state index is 10.5. The van der Waals surface area contributed by atoms with Crippen molar-refractivity contribution in [2.75, 3.05) is 23.7 Å². The molecule has 1 aromatic heterocycles. The van der Waals surface area contributed by atoms with E-state index in [0.717, 1.165) is 19.5 Å². The molecule has 0 spiro atoms. The predicted molar refractivity (Wildman–Crippen MR) is 52.1 cm³/mol. The first-order chi connectivity index (χ1) is 6.66. The van der Waals surface area contributed by atoms with Gasteiger partial charge in [-0.3, -0.25) is 10.1 Å². The van der Waals surface area contributed by atoms with Crippen molar-refractivity contribution in [3.8, 4) is 0 Å². The Morgan fingerprint density at radius 3 is 2.71 bits per heavy atom. The van der Waals surface area contributed by atoms with Crippen LogP contribution in [0.1, 0.15) is 6.42 Å². The Hall–Kier alpha value is -1.85. The summed E-state index contributed by atoms with van der Waals surface area (Å²) in [6, 6.07) is 2.72. The molecule has 0 amide bonds. The number of nitro groups is 1. The molecule has 0 bridgehead atoms. The molecule has 1 aliphatic heterocycles. The van der Waals surface area contributed by atoms with Gasteiger partial charge in [0.05, 0.1) is 17.1 Å². The van der Waals surface area contributed by atoms with Crippen LogP contribution in [-0.2, 0) is 0 Å². The number of nitrogens with zero attached hydrogens (tertiary/aromatic N) is 3. The summed E-state index contributed by atoms with van der Waals surface area (Å²) in [5.41, 5.74) is 5.47. The molecule has 0 saturated carbocycles. The summed E-state index contributed by atoms with van der Waals surface area (Å²) >= 11 is 0. The number of nitrogen functional groups attached to an aromatic ring is 1. The predicted octanol–water partition coefficient (Wildman–Crippen LogP) is 0.782. The minimum absolute atomic E-state index is 0.000556. The van der Waals surface area contributed by atoms with Gasteiger partial charge in [0.25, 0.3) is 5.69 Å². The van der Waals surface area contributed by atoms with Crippen LogP contribution in [-0.4, -0.2) is 23.0 Å². The van der Waals surface area contributed by atoms with Gasteiger partial charge in [-0.15, -0.1) is 0 Å². The van der Waals surface area contributed by atoms with E-state index in [0.29, 0.717) is 5.82 Å². The van der Waals surface area contributed by atoms with E-state index >= 15 is 0 Å². The number of aromatic nitrogens is 1. The van der Waals surface area contributed by atoms with Crippen molar-refractivity contribution in [3.63, 3.8) is 0 Å². The average molecular weight is 194 g/mol. The number of hydrogen-bond donors (Lipinski definition) is 1. The van der Waals surface area contributed by atoms with E-state index in [1.54, 1.807) is 0 Å². The monoisotopic (exact) mass is 194 g/mol. The van der Waals surface area contributed by atoms with Crippen LogP contribution in [0.5, 0.6) is 0 Å². The number of anilines is 2. The summed E-state index contributed by atoms with van der Waals surface area (Å²) in [5, 5.41) is 10.5. The Bertz CT molecular complexity index is 376. The molecule has 0 unspecified atom stereocenters. The molecular formula is C8H10N4O2. The smallest absolute Gasteiger partial charge is 0.276 e. The highest BCUT2D eigenvalue weighted by molar-refractivity contribution is 5.54. The molecule has 0 aliphatic carbocycles. The average Bonchev–Trinajstić information content (AvgIpc) is 1.99. The topological polar surface area (TPSA) is 85.3 Å². The molecule has 1 fully saturated rings. The van der Waals surface area contributed by atoms with Gasteiger partial charge in [-0.1, -0.05) is 0 Å². The molecule has 2 N–H and O–H groups in total. The summed E-state index contributed by atoms with van der Waals surface area (Å²) in [4.78, 5) is 16.1. The van der Waals surface area contributed by atoms with Crippen LogP contribution in [0.25, 0.3) is 0 Å². The van der Waals surface area contributed by atoms with Crippen LogP contribution < -0.4 is 10.6 Å². The van der Waals surface area contributed by atoms with Gasteiger partial charge in [0.15, 0.2) is 0 Å². The Morgan fingerprint density at radius 1 is 1.50 bits per heavy atom. The fourth-order valence-corrected chi connectivity index (χ4v) is 1.34. The maximum Gasteiger partial charge on any atom is 0.276 e. The normalized spacial score (nSPS) is 15.0. The number of rotatable bonds is 2. The highest BCUT2D eigenvalue weighted by Gasteiger charge is 2.19. The third kappa shape index (κ3) is 1.46. The second-order valence-corrected chi connectivity index (χ2v) is 3.21. The van der Waals surface area contributed by atoms with Crippen molar-refractivity contribution in [1.29, 1.82) is 0 Å². The Kier molecular flexibility index (Phi) is 1.95. The third-order valence-electron chi connectivity index (χ3n) is 2.21. The number of nitrogens with two attached hydrogens (primary N) is 1. The molecule has 6 nitrogen and oxygen atoms in total. The van der Waals surface area contributed by atoms with Crippen LogP contribution in [0.3, 0.4) is 0 Å². The molecule has 0 radical (unpaired) electrons. The molecule has 14 heavy (non-hydrogen) atoms. The maximum absolute atomic E-state index is 10.5. The highest BCUT2D eigenvalue weighted by Crippen LogP contribution is 2.24.